The molecular weight excluding hydrogens is 204 g/mol. The summed E-state index contributed by atoms with van der Waals surface area (Å²) in [5, 5.41) is 0. The van der Waals surface area contributed by atoms with E-state index in [1.165, 1.54) is 0 Å². The van der Waals surface area contributed by atoms with Gasteiger partial charge < -0.3 is 9.47 Å². The third-order valence-electron chi connectivity index (χ3n) is 1.11. The van der Waals surface area contributed by atoms with Crippen LogP contribution in [0.2, 0.25) is 0 Å². The summed E-state index contributed by atoms with van der Waals surface area (Å²) in [6, 6.07) is 0. The molecule has 0 radical (unpaired) electrons. The highest BCUT2D eigenvalue weighted by molar-refractivity contribution is 8.13. The van der Waals surface area contributed by atoms with Gasteiger partial charge in [-0.05, 0) is 6.42 Å². The third kappa shape index (κ3) is 10.2. The van der Waals surface area contributed by atoms with Crippen LogP contribution in [-0.2, 0) is 18.5 Å². The lowest BCUT2D eigenvalue weighted by molar-refractivity contribution is 0.0712. The minimum absolute atomic E-state index is 0.0401. The van der Waals surface area contributed by atoms with Crippen LogP contribution in [0.4, 0.5) is 0 Å². The van der Waals surface area contributed by atoms with Gasteiger partial charge in [0.2, 0.25) is 9.05 Å². The van der Waals surface area contributed by atoms with Gasteiger partial charge >= 0.3 is 0 Å². The van der Waals surface area contributed by atoms with Gasteiger partial charge in [-0.2, -0.15) is 0 Å². The highest BCUT2D eigenvalue weighted by Crippen LogP contribution is 1.98. The summed E-state index contributed by atoms with van der Waals surface area (Å²) in [4.78, 5) is 0. The summed E-state index contributed by atoms with van der Waals surface area (Å²) in [6.45, 7) is 1.40. The summed E-state index contributed by atoms with van der Waals surface area (Å²) in [7, 11) is 3.19. The van der Waals surface area contributed by atoms with Gasteiger partial charge in [-0.15, -0.1) is 0 Å². The molecule has 0 aromatic heterocycles. The van der Waals surface area contributed by atoms with Crippen LogP contribution in [0.1, 0.15) is 6.42 Å². The third-order valence-corrected chi connectivity index (χ3v) is 2.35. The normalized spacial score (nSPS) is 11.8. The monoisotopic (exact) mass is 216 g/mol. The molecule has 0 N–H and O–H groups in total. The first-order valence-electron chi connectivity index (χ1n) is 3.55. The number of halogens is 1. The van der Waals surface area contributed by atoms with E-state index in [9.17, 15) is 8.42 Å². The van der Waals surface area contributed by atoms with Crippen LogP contribution in [0, 0.1) is 0 Å². The van der Waals surface area contributed by atoms with E-state index in [-0.39, 0.29) is 5.75 Å². The molecule has 0 rings (SSSR count). The molecule has 0 aromatic rings. The van der Waals surface area contributed by atoms with E-state index in [0.29, 0.717) is 26.2 Å². The second-order valence-electron chi connectivity index (χ2n) is 2.20. The Hall–Kier alpha value is 0.160. The van der Waals surface area contributed by atoms with Crippen molar-refractivity contribution >= 4 is 19.7 Å². The minimum atomic E-state index is -3.36. The van der Waals surface area contributed by atoms with Crippen LogP contribution < -0.4 is 0 Å². The second-order valence-corrected chi connectivity index (χ2v) is 5.10. The molecular formula is C6H13ClO4S. The average molecular weight is 217 g/mol. The summed E-state index contributed by atoms with van der Waals surface area (Å²) in [6.07, 6.45) is 0.426. The van der Waals surface area contributed by atoms with Gasteiger partial charge in [-0.1, -0.05) is 0 Å². The summed E-state index contributed by atoms with van der Waals surface area (Å²) in [5.41, 5.74) is 0. The molecule has 0 fully saturated rings. The number of ether oxygens (including phenoxy) is 2. The summed E-state index contributed by atoms with van der Waals surface area (Å²) >= 11 is 0. The Labute approximate surface area is 77.2 Å². The first kappa shape index (κ1) is 12.2. The standard InChI is InChI=1S/C6H13ClO4S/c1-10-4-5-11-3-2-6-12(7,8)9/h2-6H2,1H3. The quantitative estimate of drug-likeness (QED) is 0.462. The van der Waals surface area contributed by atoms with Crippen LogP contribution in [0.3, 0.4) is 0 Å². The number of hydrogen-bond acceptors (Lipinski definition) is 4. The van der Waals surface area contributed by atoms with Gasteiger partial charge in [0.1, 0.15) is 0 Å². The van der Waals surface area contributed by atoms with Crippen molar-refractivity contribution in [2.45, 2.75) is 6.42 Å². The molecule has 0 aromatic carbocycles. The second kappa shape index (κ2) is 6.65. The average Bonchev–Trinajstić information content (AvgIpc) is 1.94. The molecule has 6 heteroatoms. The van der Waals surface area contributed by atoms with E-state index in [1.807, 2.05) is 0 Å². The van der Waals surface area contributed by atoms with E-state index in [0.717, 1.165) is 0 Å². The number of methoxy groups -OCH3 is 1. The zero-order valence-corrected chi connectivity index (χ0v) is 8.53. The summed E-state index contributed by atoms with van der Waals surface area (Å²) < 4.78 is 30.6. The van der Waals surface area contributed by atoms with Crippen LogP contribution >= 0.6 is 10.7 Å². The van der Waals surface area contributed by atoms with Crippen LogP contribution in [-0.4, -0.2) is 41.1 Å². The van der Waals surface area contributed by atoms with Crippen LogP contribution in [0.5, 0.6) is 0 Å². The van der Waals surface area contributed by atoms with E-state index in [4.69, 9.17) is 20.2 Å². The Balaban J connectivity index is 3.12. The predicted molar refractivity (Wildman–Crippen MR) is 47.0 cm³/mol. The van der Waals surface area contributed by atoms with Crippen molar-refractivity contribution in [1.82, 2.24) is 0 Å². The van der Waals surface area contributed by atoms with Gasteiger partial charge in [0.15, 0.2) is 0 Å². The smallest absolute Gasteiger partial charge is 0.232 e. The van der Waals surface area contributed by atoms with Crippen molar-refractivity contribution in [2.75, 3.05) is 32.7 Å². The molecule has 4 nitrogen and oxygen atoms in total. The van der Waals surface area contributed by atoms with Gasteiger partial charge in [-0.3, -0.25) is 0 Å². The lowest BCUT2D eigenvalue weighted by atomic mass is 10.5. The molecule has 0 aliphatic heterocycles. The molecule has 0 bridgehead atoms. The Morgan fingerprint density at radius 2 is 1.92 bits per heavy atom. The first-order valence-corrected chi connectivity index (χ1v) is 6.03. The molecule has 0 heterocycles. The Morgan fingerprint density at radius 3 is 2.42 bits per heavy atom. The van der Waals surface area contributed by atoms with E-state index >= 15 is 0 Å². The maximum absolute atomic E-state index is 10.4. The fraction of sp³-hybridized carbons (Fsp3) is 1.00. The summed E-state index contributed by atoms with van der Waals surface area (Å²) in [5.74, 6) is -0.0401. The fourth-order valence-electron chi connectivity index (χ4n) is 0.578. The molecule has 0 unspecified atom stereocenters. The minimum Gasteiger partial charge on any atom is -0.382 e. The van der Waals surface area contributed by atoms with Crippen molar-refractivity contribution in [2.24, 2.45) is 0 Å². The fourth-order valence-corrected chi connectivity index (χ4v) is 1.37. The molecule has 0 aliphatic carbocycles. The topological polar surface area (TPSA) is 52.6 Å². The highest BCUT2D eigenvalue weighted by atomic mass is 35.7. The zero-order chi connectivity index (χ0) is 9.45. The Bertz CT molecular complexity index is 190. The Kier molecular flexibility index (Phi) is 6.74. The van der Waals surface area contributed by atoms with Crippen LogP contribution in [0.15, 0.2) is 0 Å². The van der Waals surface area contributed by atoms with E-state index < -0.39 is 9.05 Å². The molecule has 0 saturated heterocycles. The number of hydrogen-bond donors (Lipinski definition) is 0. The van der Waals surface area contributed by atoms with Crippen molar-refractivity contribution in [3.05, 3.63) is 0 Å². The Morgan fingerprint density at radius 1 is 1.25 bits per heavy atom. The molecule has 0 amide bonds. The lowest BCUT2D eigenvalue weighted by Gasteiger charge is -2.01. The maximum Gasteiger partial charge on any atom is 0.232 e. The molecule has 0 spiro atoms. The van der Waals surface area contributed by atoms with Crippen molar-refractivity contribution in [1.29, 1.82) is 0 Å². The largest absolute Gasteiger partial charge is 0.382 e. The van der Waals surface area contributed by atoms with Gasteiger partial charge in [0.05, 0.1) is 19.0 Å². The predicted octanol–water partition coefficient (Wildman–Crippen LogP) is 0.608. The van der Waals surface area contributed by atoms with Crippen LogP contribution in [0.25, 0.3) is 0 Å². The van der Waals surface area contributed by atoms with E-state index in [2.05, 4.69) is 0 Å². The molecule has 12 heavy (non-hydrogen) atoms. The van der Waals surface area contributed by atoms with E-state index in [1.54, 1.807) is 7.11 Å². The number of rotatable bonds is 7. The lowest BCUT2D eigenvalue weighted by Crippen LogP contribution is -2.06. The molecule has 0 atom stereocenters. The molecule has 0 aliphatic rings. The SMILES string of the molecule is COCCOCCCS(=O)(=O)Cl. The molecule has 74 valence electrons. The first-order chi connectivity index (χ1) is 5.56. The van der Waals surface area contributed by atoms with Crippen molar-refractivity contribution in [3.8, 4) is 0 Å². The maximum atomic E-state index is 10.4. The molecule has 0 saturated carbocycles. The van der Waals surface area contributed by atoms with Gasteiger partial charge in [-0.25, -0.2) is 8.42 Å². The van der Waals surface area contributed by atoms with Gasteiger partial charge in [0, 0.05) is 24.4 Å². The zero-order valence-electron chi connectivity index (χ0n) is 6.95. The highest BCUT2D eigenvalue weighted by Gasteiger charge is 2.03. The van der Waals surface area contributed by atoms with Crippen molar-refractivity contribution < 1.29 is 17.9 Å². The van der Waals surface area contributed by atoms with Gasteiger partial charge in [0.25, 0.3) is 0 Å². The van der Waals surface area contributed by atoms with Crippen molar-refractivity contribution in [3.63, 3.8) is 0 Å².